The quantitative estimate of drug-likeness (QED) is 0.654. The molecule has 0 saturated carbocycles. The first kappa shape index (κ1) is 20.1. The summed E-state index contributed by atoms with van der Waals surface area (Å²) < 4.78 is 12.7. The van der Waals surface area contributed by atoms with Gasteiger partial charge in [0.05, 0.1) is 14.2 Å². The van der Waals surface area contributed by atoms with Gasteiger partial charge in [0.15, 0.2) is 5.78 Å². The van der Waals surface area contributed by atoms with Crippen LogP contribution in [0.1, 0.15) is 30.0 Å². The molecule has 1 aliphatic carbocycles. The molecular weight excluding hydrogens is 404 g/mol. The van der Waals surface area contributed by atoms with Crippen molar-refractivity contribution >= 4 is 17.8 Å². The van der Waals surface area contributed by atoms with E-state index in [0.29, 0.717) is 23.9 Å². The summed E-state index contributed by atoms with van der Waals surface area (Å²) in [7, 11) is 3.23. The zero-order valence-corrected chi connectivity index (χ0v) is 18.0. The molecule has 5 rings (SSSR count). The maximum absolute atomic E-state index is 13.4. The Hall–Kier alpha value is -3.87. The first-order chi connectivity index (χ1) is 15.7. The highest BCUT2D eigenvalue weighted by Gasteiger charge is 2.39. The Morgan fingerprint density at radius 1 is 1.09 bits per heavy atom. The van der Waals surface area contributed by atoms with Crippen molar-refractivity contribution in [3.8, 4) is 11.5 Å². The fourth-order valence-electron chi connectivity index (χ4n) is 4.46. The van der Waals surface area contributed by atoms with Crippen molar-refractivity contribution in [2.24, 2.45) is 5.92 Å². The highest BCUT2D eigenvalue weighted by Crippen LogP contribution is 2.44. The first-order valence-corrected chi connectivity index (χ1v) is 10.6. The van der Waals surface area contributed by atoms with Crippen molar-refractivity contribution in [2.45, 2.75) is 18.9 Å². The Balaban J connectivity index is 1.54. The molecule has 0 spiro atoms. The van der Waals surface area contributed by atoms with Gasteiger partial charge in [-0.05, 0) is 30.0 Å². The summed E-state index contributed by atoms with van der Waals surface area (Å²) in [6, 6.07) is 15.3. The molecule has 0 fully saturated rings. The number of benzene rings is 2. The summed E-state index contributed by atoms with van der Waals surface area (Å²) >= 11 is 0. The number of fused-ring (bicyclic) bond motifs is 1. The third kappa shape index (κ3) is 3.56. The van der Waals surface area contributed by atoms with E-state index in [-0.39, 0.29) is 11.7 Å². The molecule has 3 aromatic rings. The van der Waals surface area contributed by atoms with E-state index in [0.717, 1.165) is 28.8 Å². The van der Waals surface area contributed by atoms with Crippen LogP contribution in [0.25, 0.3) is 6.08 Å². The average Bonchev–Trinajstić information content (AvgIpc) is 3.30. The zero-order valence-electron chi connectivity index (χ0n) is 18.0. The summed E-state index contributed by atoms with van der Waals surface area (Å²) in [5, 5.41) is 7.75. The zero-order chi connectivity index (χ0) is 22.1. The number of allylic oxidation sites excluding steroid dienone is 3. The van der Waals surface area contributed by atoms with Gasteiger partial charge in [-0.2, -0.15) is 10.1 Å². The molecule has 0 radical (unpaired) electrons. The molecule has 32 heavy (non-hydrogen) atoms. The number of carbonyl (C=O) groups is 1. The largest absolute Gasteiger partial charge is 0.497 e. The second kappa shape index (κ2) is 8.34. The highest BCUT2D eigenvalue weighted by molar-refractivity contribution is 6.00. The van der Waals surface area contributed by atoms with Crippen molar-refractivity contribution in [2.75, 3.05) is 19.5 Å². The Morgan fingerprint density at radius 3 is 2.72 bits per heavy atom. The molecule has 0 bridgehead atoms. The van der Waals surface area contributed by atoms with E-state index >= 15 is 0 Å². The number of rotatable bonds is 5. The molecular formula is C25H24N4O3. The van der Waals surface area contributed by atoms with Crippen LogP contribution in [0.4, 0.5) is 5.95 Å². The van der Waals surface area contributed by atoms with Gasteiger partial charge >= 0.3 is 0 Å². The van der Waals surface area contributed by atoms with E-state index in [2.05, 4.69) is 39.7 Å². The number of ether oxygens (including phenoxy) is 2. The molecule has 2 aromatic carbocycles. The minimum absolute atomic E-state index is 0.102. The maximum atomic E-state index is 13.4. The molecule has 1 aromatic heterocycles. The molecule has 7 nitrogen and oxygen atoms in total. The summed E-state index contributed by atoms with van der Waals surface area (Å²) in [6.45, 7) is 0. The van der Waals surface area contributed by atoms with Crippen LogP contribution in [0.15, 0.2) is 72.2 Å². The van der Waals surface area contributed by atoms with E-state index < -0.39 is 6.04 Å². The predicted molar refractivity (Wildman–Crippen MR) is 122 cm³/mol. The Kier molecular flexibility index (Phi) is 5.23. The fourth-order valence-corrected chi connectivity index (χ4v) is 4.46. The molecule has 162 valence electrons. The minimum atomic E-state index is -0.406. The number of carbonyl (C=O) groups excluding carboxylic acids is 1. The number of aromatic nitrogens is 3. The molecule has 0 amide bonds. The van der Waals surface area contributed by atoms with Crippen molar-refractivity contribution < 1.29 is 14.3 Å². The van der Waals surface area contributed by atoms with E-state index in [1.165, 1.54) is 6.33 Å². The lowest BCUT2D eigenvalue weighted by atomic mass is 9.80. The van der Waals surface area contributed by atoms with Gasteiger partial charge in [0.1, 0.15) is 23.9 Å². The normalized spacial score (nSPS) is 20.0. The van der Waals surface area contributed by atoms with Gasteiger partial charge in [-0.25, -0.2) is 4.68 Å². The number of methoxy groups -OCH3 is 2. The van der Waals surface area contributed by atoms with Gasteiger partial charge in [0, 0.05) is 29.3 Å². The molecule has 2 atom stereocenters. The number of hydrogen-bond acceptors (Lipinski definition) is 6. The lowest BCUT2D eigenvalue weighted by Gasteiger charge is -2.34. The number of nitrogens with one attached hydrogen (secondary N) is 1. The van der Waals surface area contributed by atoms with Gasteiger partial charge in [0.25, 0.3) is 0 Å². The number of nitrogens with zero attached hydrogens (tertiary/aromatic N) is 3. The van der Waals surface area contributed by atoms with Crippen molar-refractivity contribution in [1.82, 2.24) is 14.8 Å². The van der Waals surface area contributed by atoms with Crippen LogP contribution in [-0.4, -0.2) is 34.8 Å². The molecule has 1 aliphatic heterocycles. The Morgan fingerprint density at radius 2 is 1.94 bits per heavy atom. The molecule has 2 unspecified atom stereocenters. The summed E-state index contributed by atoms with van der Waals surface area (Å²) in [5.41, 5.74) is 3.58. The first-order valence-electron chi connectivity index (χ1n) is 10.6. The van der Waals surface area contributed by atoms with Gasteiger partial charge in [0.2, 0.25) is 5.95 Å². The number of hydrogen-bond donors (Lipinski definition) is 1. The summed E-state index contributed by atoms with van der Waals surface area (Å²) in [6.07, 6.45) is 6.88. The average molecular weight is 428 g/mol. The maximum Gasteiger partial charge on any atom is 0.226 e. The van der Waals surface area contributed by atoms with Crippen LogP contribution in [0.3, 0.4) is 0 Å². The minimum Gasteiger partial charge on any atom is -0.497 e. The summed E-state index contributed by atoms with van der Waals surface area (Å²) in [5.74, 6) is 2.16. The van der Waals surface area contributed by atoms with Crippen LogP contribution in [0.2, 0.25) is 0 Å². The standard InChI is InChI=1S/C25H24N4O3/c1-31-18-10-11-19(22(14-18)32-2)24-23-20(28-25-26-15-27-29(24)25)12-17(13-21(23)30)9-8-16-6-4-3-5-7-16/h3-11,14-15,17,24H,12-13H2,1-2H3,(H,26,27,28). The van der Waals surface area contributed by atoms with Gasteiger partial charge < -0.3 is 14.8 Å². The molecule has 2 heterocycles. The predicted octanol–water partition coefficient (Wildman–Crippen LogP) is 4.26. The van der Waals surface area contributed by atoms with Crippen LogP contribution in [-0.2, 0) is 4.79 Å². The smallest absolute Gasteiger partial charge is 0.226 e. The monoisotopic (exact) mass is 428 g/mol. The summed E-state index contributed by atoms with van der Waals surface area (Å²) in [4.78, 5) is 17.8. The number of Topliss-reactive ketones (excluding diaryl/α,β-unsaturated/α-hetero) is 1. The van der Waals surface area contributed by atoms with Crippen LogP contribution >= 0.6 is 0 Å². The SMILES string of the molecule is COc1ccc(C2C3=C(CC(C=Cc4ccccc4)CC3=O)Nc3ncnn32)c(OC)c1. The fraction of sp³-hybridized carbons (Fsp3) is 0.240. The van der Waals surface area contributed by atoms with E-state index in [1.54, 1.807) is 18.9 Å². The Bertz CT molecular complexity index is 1210. The lowest BCUT2D eigenvalue weighted by molar-refractivity contribution is -0.117. The van der Waals surface area contributed by atoms with Gasteiger partial charge in [-0.15, -0.1) is 0 Å². The molecule has 2 aliphatic rings. The van der Waals surface area contributed by atoms with E-state index in [9.17, 15) is 4.79 Å². The van der Waals surface area contributed by atoms with Gasteiger partial charge in [-0.1, -0.05) is 42.5 Å². The van der Waals surface area contributed by atoms with Crippen LogP contribution in [0.5, 0.6) is 11.5 Å². The number of ketones is 1. The highest BCUT2D eigenvalue weighted by atomic mass is 16.5. The topological polar surface area (TPSA) is 78.3 Å². The number of anilines is 1. The lowest BCUT2D eigenvalue weighted by Crippen LogP contribution is -2.33. The second-order valence-electron chi connectivity index (χ2n) is 7.92. The van der Waals surface area contributed by atoms with Crippen molar-refractivity contribution in [3.05, 3.63) is 83.3 Å². The van der Waals surface area contributed by atoms with E-state index in [1.807, 2.05) is 36.4 Å². The molecule has 1 N–H and O–H groups in total. The van der Waals surface area contributed by atoms with Crippen LogP contribution < -0.4 is 14.8 Å². The third-order valence-electron chi connectivity index (χ3n) is 5.99. The molecule has 7 heteroatoms. The van der Waals surface area contributed by atoms with Crippen molar-refractivity contribution in [3.63, 3.8) is 0 Å². The Labute approximate surface area is 186 Å². The van der Waals surface area contributed by atoms with Gasteiger partial charge in [-0.3, -0.25) is 4.79 Å². The third-order valence-corrected chi connectivity index (χ3v) is 5.99. The van der Waals surface area contributed by atoms with Crippen molar-refractivity contribution in [1.29, 1.82) is 0 Å². The molecule has 0 saturated heterocycles. The van der Waals surface area contributed by atoms with E-state index in [4.69, 9.17) is 9.47 Å². The second-order valence-corrected chi connectivity index (χ2v) is 7.92. The van der Waals surface area contributed by atoms with Crippen LogP contribution in [0, 0.1) is 5.92 Å².